The van der Waals surface area contributed by atoms with Crippen LogP contribution in [0.25, 0.3) is 0 Å². The van der Waals surface area contributed by atoms with Gasteiger partial charge in [0.15, 0.2) is 0 Å². The molecular formula is C10H14N4O4S. The Morgan fingerprint density at radius 3 is 2.74 bits per heavy atom. The van der Waals surface area contributed by atoms with Crippen molar-refractivity contribution in [3.63, 3.8) is 0 Å². The minimum atomic E-state index is -1.22. The van der Waals surface area contributed by atoms with Crippen molar-refractivity contribution in [2.45, 2.75) is 25.4 Å². The van der Waals surface area contributed by atoms with Crippen LogP contribution in [0.3, 0.4) is 0 Å². The Bertz CT molecular complexity index is 448. The lowest BCUT2D eigenvalue weighted by molar-refractivity contribution is -0.139. The van der Waals surface area contributed by atoms with Gasteiger partial charge >= 0.3 is 12.0 Å². The standard InChI is InChI=1S/C10H14N4O4S/c11-7(15)2-1-6(9(16)17)14-10(18)13-5-8-12-3-4-19-8/h3-4,6H,1-2,5H2,(H2,11,15)(H,16,17)(H2,13,14,18)/t6-/m1/s1. The number of hydrogen-bond acceptors (Lipinski definition) is 5. The molecule has 0 aliphatic heterocycles. The summed E-state index contributed by atoms with van der Waals surface area (Å²) in [6.07, 6.45) is 1.45. The summed E-state index contributed by atoms with van der Waals surface area (Å²) < 4.78 is 0. The fourth-order valence-corrected chi connectivity index (χ4v) is 1.81. The zero-order valence-corrected chi connectivity index (χ0v) is 10.8. The van der Waals surface area contributed by atoms with Gasteiger partial charge < -0.3 is 21.5 Å². The monoisotopic (exact) mass is 286 g/mol. The number of nitrogens with one attached hydrogen (secondary N) is 2. The molecule has 19 heavy (non-hydrogen) atoms. The lowest BCUT2D eigenvalue weighted by Gasteiger charge is -2.13. The smallest absolute Gasteiger partial charge is 0.326 e. The maximum absolute atomic E-state index is 11.5. The summed E-state index contributed by atoms with van der Waals surface area (Å²) >= 11 is 1.37. The number of aromatic nitrogens is 1. The maximum Gasteiger partial charge on any atom is 0.326 e. The number of aliphatic carboxylic acids is 1. The van der Waals surface area contributed by atoms with Gasteiger partial charge in [0.2, 0.25) is 5.91 Å². The van der Waals surface area contributed by atoms with Crippen LogP contribution < -0.4 is 16.4 Å². The number of primary amides is 1. The fourth-order valence-electron chi connectivity index (χ4n) is 1.25. The van der Waals surface area contributed by atoms with E-state index in [9.17, 15) is 14.4 Å². The molecule has 1 atom stereocenters. The molecule has 1 heterocycles. The molecule has 1 rings (SSSR count). The largest absolute Gasteiger partial charge is 0.480 e. The molecule has 0 saturated carbocycles. The zero-order valence-electron chi connectivity index (χ0n) is 9.96. The Morgan fingerprint density at radius 1 is 1.47 bits per heavy atom. The minimum Gasteiger partial charge on any atom is -0.480 e. The Labute approximate surface area is 113 Å². The molecule has 0 aliphatic rings. The summed E-state index contributed by atoms with van der Waals surface area (Å²) in [6, 6.07) is -1.78. The van der Waals surface area contributed by atoms with Crippen molar-refractivity contribution in [1.82, 2.24) is 15.6 Å². The van der Waals surface area contributed by atoms with Crippen LogP contribution in [0, 0.1) is 0 Å². The second-order valence-electron chi connectivity index (χ2n) is 3.65. The molecule has 0 fully saturated rings. The molecule has 0 spiro atoms. The summed E-state index contributed by atoms with van der Waals surface area (Å²) in [5.41, 5.74) is 4.93. The van der Waals surface area contributed by atoms with Crippen LogP contribution in [0.2, 0.25) is 0 Å². The molecule has 0 unspecified atom stereocenters. The van der Waals surface area contributed by atoms with Crippen LogP contribution in [0.4, 0.5) is 4.79 Å². The first-order valence-corrected chi connectivity index (χ1v) is 6.31. The van der Waals surface area contributed by atoms with E-state index in [1.807, 2.05) is 0 Å². The number of carbonyl (C=O) groups is 3. The average molecular weight is 286 g/mol. The van der Waals surface area contributed by atoms with Crippen molar-refractivity contribution in [2.75, 3.05) is 0 Å². The van der Waals surface area contributed by atoms with Crippen molar-refractivity contribution in [1.29, 1.82) is 0 Å². The topological polar surface area (TPSA) is 134 Å². The number of carbonyl (C=O) groups excluding carboxylic acids is 2. The van der Waals surface area contributed by atoms with Crippen LogP contribution in [0.1, 0.15) is 17.8 Å². The minimum absolute atomic E-state index is 0.0463. The van der Waals surface area contributed by atoms with E-state index in [0.29, 0.717) is 5.01 Å². The third-order valence-electron chi connectivity index (χ3n) is 2.17. The summed E-state index contributed by atoms with van der Waals surface area (Å²) in [5, 5.41) is 16.1. The first-order valence-electron chi connectivity index (χ1n) is 5.43. The Morgan fingerprint density at radius 2 is 2.21 bits per heavy atom. The predicted octanol–water partition coefficient (Wildman–Crippen LogP) is -0.339. The highest BCUT2D eigenvalue weighted by Gasteiger charge is 2.20. The highest BCUT2D eigenvalue weighted by Crippen LogP contribution is 2.02. The predicted molar refractivity (Wildman–Crippen MR) is 67.3 cm³/mol. The van der Waals surface area contributed by atoms with Gasteiger partial charge in [-0.1, -0.05) is 0 Å². The van der Waals surface area contributed by atoms with Gasteiger partial charge in [0.25, 0.3) is 0 Å². The third-order valence-corrected chi connectivity index (χ3v) is 2.95. The van der Waals surface area contributed by atoms with Gasteiger partial charge in [-0.05, 0) is 6.42 Å². The SMILES string of the molecule is NC(=O)CC[C@@H](NC(=O)NCc1nccs1)C(=O)O. The maximum atomic E-state index is 11.5. The molecule has 0 saturated heterocycles. The first kappa shape index (κ1) is 14.9. The van der Waals surface area contributed by atoms with Gasteiger partial charge in [0, 0.05) is 18.0 Å². The van der Waals surface area contributed by atoms with Crippen LogP contribution in [0.15, 0.2) is 11.6 Å². The summed E-state index contributed by atoms with van der Waals surface area (Å²) in [5.74, 6) is -1.83. The van der Waals surface area contributed by atoms with E-state index in [1.54, 1.807) is 11.6 Å². The average Bonchev–Trinajstić information content (AvgIpc) is 2.84. The van der Waals surface area contributed by atoms with Crippen LogP contribution in [-0.2, 0) is 16.1 Å². The summed E-state index contributed by atoms with van der Waals surface area (Å²) in [6.45, 7) is 0.214. The van der Waals surface area contributed by atoms with Crippen molar-refractivity contribution < 1.29 is 19.5 Å². The molecule has 0 aliphatic carbocycles. The zero-order chi connectivity index (χ0) is 14.3. The molecule has 3 amide bonds. The molecule has 104 valence electrons. The molecule has 0 bridgehead atoms. The van der Waals surface area contributed by atoms with Crippen molar-refractivity contribution >= 4 is 29.2 Å². The molecule has 5 N–H and O–H groups in total. The molecule has 8 nitrogen and oxygen atoms in total. The fraction of sp³-hybridized carbons (Fsp3) is 0.400. The molecule has 1 aromatic rings. The van der Waals surface area contributed by atoms with E-state index < -0.39 is 23.9 Å². The van der Waals surface area contributed by atoms with E-state index in [4.69, 9.17) is 10.8 Å². The van der Waals surface area contributed by atoms with Gasteiger partial charge in [-0.25, -0.2) is 14.6 Å². The number of carboxylic acid groups (broad SMARTS) is 1. The lowest BCUT2D eigenvalue weighted by atomic mass is 10.1. The number of amides is 3. The van der Waals surface area contributed by atoms with Crippen molar-refractivity contribution in [3.8, 4) is 0 Å². The second-order valence-corrected chi connectivity index (χ2v) is 4.63. The van der Waals surface area contributed by atoms with Crippen LogP contribution in [0.5, 0.6) is 0 Å². The van der Waals surface area contributed by atoms with E-state index >= 15 is 0 Å². The first-order chi connectivity index (χ1) is 8.99. The van der Waals surface area contributed by atoms with E-state index in [-0.39, 0.29) is 19.4 Å². The van der Waals surface area contributed by atoms with Crippen LogP contribution >= 0.6 is 11.3 Å². The quantitative estimate of drug-likeness (QED) is 0.544. The third kappa shape index (κ3) is 5.82. The molecule has 1 aromatic heterocycles. The number of carboxylic acids is 1. The number of nitrogens with two attached hydrogens (primary N) is 1. The van der Waals surface area contributed by atoms with Crippen LogP contribution in [-0.4, -0.2) is 34.0 Å². The van der Waals surface area contributed by atoms with Crippen molar-refractivity contribution in [3.05, 3.63) is 16.6 Å². The number of rotatable bonds is 7. The molecule has 0 radical (unpaired) electrons. The number of nitrogens with zero attached hydrogens (tertiary/aromatic N) is 1. The summed E-state index contributed by atoms with van der Waals surface area (Å²) in [7, 11) is 0. The second kappa shape index (κ2) is 7.31. The summed E-state index contributed by atoms with van der Waals surface area (Å²) in [4.78, 5) is 36.9. The Hall–Kier alpha value is -2.16. The number of hydrogen-bond donors (Lipinski definition) is 4. The normalized spacial score (nSPS) is 11.6. The number of urea groups is 1. The molecular weight excluding hydrogens is 272 g/mol. The lowest BCUT2D eigenvalue weighted by Crippen LogP contribution is -2.46. The Kier molecular flexibility index (Phi) is 5.73. The van der Waals surface area contributed by atoms with Gasteiger partial charge in [-0.15, -0.1) is 11.3 Å². The van der Waals surface area contributed by atoms with E-state index in [1.165, 1.54) is 11.3 Å². The van der Waals surface area contributed by atoms with Gasteiger partial charge in [0.05, 0.1) is 6.54 Å². The van der Waals surface area contributed by atoms with Gasteiger partial charge in [-0.2, -0.15) is 0 Å². The van der Waals surface area contributed by atoms with E-state index in [0.717, 1.165) is 0 Å². The van der Waals surface area contributed by atoms with Gasteiger partial charge in [-0.3, -0.25) is 4.79 Å². The highest BCUT2D eigenvalue weighted by molar-refractivity contribution is 7.09. The number of thiazole rings is 1. The Balaban J connectivity index is 2.38. The van der Waals surface area contributed by atoms with Gasteiger partial charge in [0.1, 0.15) is 11.0 Å². The van der Waals surface area contributed by atoms with Crippen molar-refractivity contribution in [2.24, 2.45) is 5.73 Å². The molecule has 0 aromatic carbocycles. The molecule has 9 heteroatoms. The van der Waals surface area contributed by atoms with E-state index in [2.05, 4.69) is 15.6 Å². The highest BCUT2D eigenvalue weighted by atomic mass is 32.1.